The molecule has 2 heterocycles. The van der Waals surface area contributed by atoms with Crippen molar-refractivity contribution in [1.82, 2.24) is 14.5 Å². The molecule has 180 valence electrons. The van der Waals surface area contributed by atoms with Gasteiger partial charge in [0.15, 0.2) is 0 Å². The summed E-state index contributed by atoms with van der Waals surface area (Å²) >= 11 is 3.54. The van der Waals surface area contributed by atoms with Gasteiger partial charge in [0.2, 0.25) is 5.91 Å². The van der Waals surface area contributed by atoms with Crippen LogP contribution in [0, 0.1) is 5.92 Å². The summed E-state index contributed by atoms with van der Waals surface area (Å²) in [7, 11) is 0. The first-order chi connectivity index (χ1) is 17.1. The van der Waals surface area contributed by atoms with Crippen LogP contribution in [0.2, 0.25) is 0 Å². The molecule has 1 saturated heterocycles. The van der Waals surface area contributed by atoms with Crippen molar-refractivity contribution in [3.05, 3.63) is 88.7 Å². The highest BCUT2D eigenvalue weighted by atomic mass is 79.9. The van der Waals surface area contributed by atoms with Crippen LogP contribution in [0.5, 0.6) is 0 Å². The minimum Gasteiger partial charge on any atom is -0.326 e. The number of nitrogens with zero attached hydrogens (tertiary/aromatic N) is 3. The van der Waals surface area contributed by atoms with E-state index in [1.54, 1.807) is 0 Å². The van der Waals surface area contributed by atoms with Crippen molar-refractivity contribution in [2.75, 3.05) is 18.4 Å². The number of halogens is 1. The quantitative estimate of drug-likeness (QED) is 0.293. The molecular formula is C29H31BrN4O. The summed E-state index contributed by atoms with van der Waals surface area (Å²) in [5.41, 5.74) is 5.41. The Morgan fingerprint density at radius 1 is 1.00 bits per heavy atom. The second-order valence-electron chi connectivity index (χ2n) is 9.28. The second-order valence-corrected chi connectivity index (χ2v) is 10.2. The first-order valence-corrected chi connectivity index (χ1v) is 13.2. The van der Waals surface area contributed by atoms with Gasteiger partial charge in [-0.15, -0.1) is 0 Å². The second kappa shape index (κ2) is 10.8. The summed E-state index contributed by atoms with van der Waals surface area (Å²) in [5.74, 6) is 1.23. The predicted molar refractivity (Wildman–Crippen MR) is 146 cm³/mol. The van der Waals surface area contributed by atoms with Crippen molar-refractivity contribution >= 4 is 38.6 Å². The molecule has 1 N–H and O–H groups in total. The summed E-state index contributed by atoms with van der Waals surface area (Å²) in [5, 5.41) is 3.20. The van der Waals surface area contributed by atoms with Crippen LogP contribution in [0.1, 0.15) is 37.6 Å². The maximum Gasteiger partial charge on any atom is 0.227 e. The maximum atomic E-state index is 13.0. The van der Waals surface area contributed by atoms with E-state index in [1.165, 1.54) is 5.56 Å². The lowest BCUT2D eigenvalue weighted by Crippen LogP contribution is -2.38. The Kier molecular flexibility index (Phi) is 7.30. The smallest absolute Gasteiger partial charge is 0.227 e. The van der Waals surface area contributed by atoms with Crippen LogP contribution in [0.25, 0.3) is 16.7 Å². The summed E-state index contributed by atoms with van der Waals surface area (Å²) in [6.45, 7) is 4.70. The number of fused-ring (bicyclic) bond motifs is 1. The van der Waals surface area contributed by atoms with Gasteiger partial charge in [-0.05, 0) is 80.4 Å². The molecule has 5 rings (SSSR count). The van der Waals surface area contributed by atoms with Crippen molar-refractivity contribution < 1.29 is 4.79 Å². The Hall–Kier alpha value is -2.96. The van der Waals surface area contributed by atoms with E-state index in [2.05, 4.69) is 86.2 Å². The lowest BCUT2D eigenvalue weighted by molar-refractivity contribution is -0.121. The Balaban J connectivity index is 1.27. The van der Waals surface area contributed by atoms with E-state index in [-0.39, 0.29) is 11.8 Å². The van der Waals surface area contributed by atoms with Gasteiger partial charge >= 0.3 is 0 Å². The Morgan fingerprint density at radius 3 is 2.49 bits per heavy atom. The van der Waals surface area contributed by atoms with E-state index in [0.717, 1.165) is 78.0 Å². The average Bonchev–Trinajstić information content (AvgIpc) is 3.24. The normalized spacial score (nSPS) is 14.9. The third kappa shape index (κ3) is 5.34. The number of hydrogen-bond donors (Lipinski definition) is 1. The number of anilines is 1. The van der Waals surface area contributed by atoms with Gasteiger partial charge in [0.05, 0.1) is 17.6 Å². The van der Waals surface area contributed by atoms with Crippen LogP contribution < -0.4 is 5.32 Å². The van der Waals surface area contributed by atoms with Gasteiger partial charge in [-0.1, -0.05) is 59.6 Å². The third-order valence-electron chi connectivity index (χ3n) is 6.83. The lowest BCUT2D eigenvalue weighted by atomic mass is 9.95. The van der Waals surface area contributed by atoms with Crippen molar-refractivity contribution in [3.63, 3.8) is 0 Å². The highest BCUT2D eigenvalue weighted by Crippen LogP contribution is 2.26. The van der Waals surface area contributed by atoms with Gasteiger partial charge in [-0.2, -0.15) is 0 Å². The van der Waals surface area contributed by atoms with Crippen molar-refractivity contribution in [3.8, 4) is 5.69 Å². The number of piperidine rings is 1. The zero-order valence-electron chi connectivity index (χ0n) is 20.1. The molecule has 0 saturated carbocycles. The third-order valence-corrected chi connectivity index (χ3v) is 7.36. The Morgan fingerprint density at radius 2 is 1.71 bits per heavy atom. The molecule has 35 heavy (non-hydrogen) atoms. The molecule has 1 fully saturated rings. The molecule has 6 heteroatoms. The highest BCUT2D eigenvalue weighted by Gasteiger charge is 2.26. The number of imidazole rings is 1. The summed E-state index contributed by atoms with van der Waals surface area (Å²) in [6, 6.07) is 24.8. The molecular weight excluding hydrogens is 500 g/mol. The number of nitrogens with one attached hydrogen (secondary N) is 1. The van der Waals surface area contributed by atoms with E-state index in [1.807, 2.05) is 24.3 Å². The minimum atomic E-state index is 0.0474. The molecule has 4 aromatic rings. The van der Waals surface area contributed by atoms with Gasteiger partial charge < -0.3 is 5.32 Å². The van der Waals surface area contributed by atoms with Gasteiger partial charge in [0, 0.05) is 21.8 Å². The number of aryl methyl sites for hydroxylation is 1. The maximum absolute atomic E-state index is 13.0. The van der Waals surface area contributed by atoms with Crippen LogP contribution in [-0.4, -0.2) is 33.4 Å². The van der Waals surface area contributed by atoms with Crippen LogP contribution in [0.3, 0.4) is 0 Å². The highest BCUT2D eigenvalue weighted by molar-refractivity contribution is 9.10. The molecule has 3 aromatic carbocycles. The summed E-state index contributed by atoms with van der Waals surface area (Å²) in [4.78, 5) is 20.4. The number of amides is 1. The molecule has 0 atom stereocenters. The number of hydrogen-bond acceptors (Lipinski definition) is 3. The van der Waals surface area contributed by atoms with Crippen LogP contribution in [0.4, 0.5) is 5.69 Å². The molecule has 0 aliphatic carbocycles. The first-order valence-electron chi connectivity index (χ1n) is 12.5. The molecule has 0 bridgehead atoms. The molecule has 0 unspecified atom stereocenters. The molecule has 0 radical (unpaired) electrons. The summed E-state index contributed by atoms with van der Waals surface area (Å²) < 4.78 is 3.32. The van der Waals surface area contributed by atoms with E-state index in [0.29, 0.717) is 0 Å². The standard InChI is InChI=1S/C29H31BrN4O/c1-2-7-21-8-3-4-9-25(21)32-29(35)22-16-18-33(19-17-22)20-28-31-26-10-5-6-11-27(26)34(28)24-14-12-23(30)13-15-24/h3-6,8-15,22H,2,7,16-20H2,1H3,(H,32,35). The number of carbonyl (C=O) groups excluding carboxylic acids is 1. The number of likely N-dealkylation sites (tertiary alicyclic amines) is 1. The topological polar surface area (TPSA) is 50.2 Å². The lowest BCUT2D eigenvalue weighted by Gasteiger charge is -2.31. The molecule has 1 aliphatic heterocycles. The SMILES string of the molecule is CCCc1ccccc1NC(=O)C1CCN(Cc2nc3ccccc3n2-c2ccc(Br)cc2)CC1. The fourth-order valence-corrected chi connectivity index (χ4v) is 5.24. The molecule has 1 amide bonds. The van der Waals surface area contributed by atoms with Crippen molar-refractivity contribution in [1.29, 1.82) is 0 Å². The van der Waals surface area contributed by atoms with Crippen molar-refractivity contribution in [2.24, 2.45) is 5.92 Å². The first kappa shape index (κ1) is 23.8. The number of rotatable bonds is 7. The van der Waals surface area contributed by atoms with E-state index in [9.17, 15) is 4.79 Å². The molecule has 1 aliphatic rings. The van der Waals surface area contributed by atoms with E-state index >= 15 is 0 Å². The van der Waals surface area contributed by atoms with Crippen LogP contribution in [0.15, 0.2) is 77.3 Å². The number of benzene rings is 3. The molecule has 1 aromatic heterocycles. The fourth-order valence-electron chi connectivity index (χ4n) is 4.98. The average molecular weight is 531 g/mol. The zero-order valence-corrected chi connectivity index (χ0v) is 21.7. The van der Waals surface area contributed by atoms with Crippen molar-refractivity contribution in [2.45, 2.75) is 39.2 Å². The van der Waals surface area contributed by atoms with E-state index < -0.39 is 0 Å². The number of para-hydroxylation sites is 3. The fraction of sp³-hybridized carbons (Fsp3) is 0.310. The van der Waals surface area contributed by atoms with Gasteiger partial charge in [-0.3, -0.25) is 14.3 Å². The number of carbonyl (C=O) groups is 1. The predicted octanol–water partition coefficient (Wildman–Crippen LogP) is 6.59. The van der Waals surface area contributed by atoms with E-state index in [4.69, 9.17) is 4.98 Å². The molecule has 0 spiro atoms. The number of aromatic nitrogens is 2. The monoisotopic (exact) mass is 530 g/mol. The Labute approximate surface area is 215 Å². The largest absolute Gasteiger partial charge is 0.326 e. The van der Waals surface area contributed by atoms with Crippen LogP contribution >= 0.6 is 15.9 Å². The van der Waals surface area contributed by atoms with Gasteiger partial charge in [0.25, 0.3) is 0 Å². The van der Waals surface area contributed by atoms with Gasteiger partial charge in [0.1, 0.15) is 5.82 Å². The van der Waals surface area contributed by atoms with Crippen LogP contribution in [-0.2, 0) is 17.8 Å². The zero-order chi connectivity index (χ0) is 24.2. The van der Waals surface area contributed by atoms with Gasteiger partial charge in [-0.25, -0.2) is 4.98 Å². The molecule has 5 nitrogen and oxygen atoms in total. The minimum absolute atomic E-state index is 0.0474. The summed E-state index contributed by atoms with van der Waals surface area (Å²) in [6.07, 6.45) is 3.77. The Bertz CT molecular complexity index is 1310.